The van der Waals surface area contributed by atoms with Crippen molar-refractivity contribution in [1.29, 1.82) is 0 Å². The van der Waals surface area contributed by atoms with Gasteiger partial charge in [0.2, 0.25) is 0 Å². The summed E-state index contributed by atoms with van der Waals surface area (Å²) in [4.78, 5) is 25.7. The Kier molecular flexibility index (Phi) is 3.93. The van der Waals surface area contributed by atoms with Crippen LogP contribution in [-0.4, -0.2) is 41.1 Å². The van der Waals surface area contributed by atoms with Crippen molar-refractivity contribution in [2.24, 2.45) is 0 Å². The Hall–Kier alpha value is -1.15. The van der Waals surface area contributed by atoms with Crippen LogP contribution in [0.3, 0.4) is 0 Å². The molecule has 0 aromatic carbocycles. The number of H-pyrrole nitrogens is 1. The number of piperazine rings is 1. The Bertz CT molecular complexity index is 680. The number of aromatic nitrogens is 3. The number of aromatic amines is 1. The van der Waals surface area contributed by atoms with E-state index in [0.717, 1.165) is 26.2 Å². The van der Waals surface area contributed by atoms with Crippen LogP contribution >= 0.6 is 34.5 Å². The maximum Gasteiger partial charge on any atom is 0.272 e. The number of hydrogen-bond donors (Lipinski definition) is 2. The highest BCUT2D eigenvalue weighted by molar-refractivity contribution is 7.13. The van der Waals surface area contributed by atoms with Crippen LogP contribution in [0.25, 0.3) is 10.7 Å². The van der Waals surface area contributed by atoms with E-state index in [1.807, 2.05) is 4.90 Å². The monoisotopic (exact) mass is 331 g/mol. The number of thiazole rings is 1. The van der Waals surface area contributed by atoms with Gasteiger partial charge in [-0.05, 0) is 0 Å². The number of hydrogen-bond acceptors (Lipinski definition) is 6. The summed E-state index contributed by atoms with van der Waals surface area (Å²) in [6.07, 6.45) is 0. The molecule has 3 heterocycles. The van der Waals surface area contributed by atoms with Crippen molar-refractivity contribution < 1.29 is 0 Å². The molecule has 2 aromatic heterocycles. The van der Waals surface area contributed by atoms with E-state index in [1.165, 1.54) is 11.3 Å². The van der Waals surface area contributed by atoms with Crippen molar-refractivity contribution in [1.82, 2.24) is 20.3 Å². The maximum atomic E-state index is 12.0. The molecule has 3 rings (SSSR count). The molecule has 106 valence electrons. The van der Waals surface area contributed by atoms with Gasteiger partial charge in [0.05, 0.1) is 5.51 Å². The predicted octanol–water partition coefficient (Wildman–Crippen LogP) is 1.61. The minimum atomic E-state index is -0.366. The molecule has 0 saturated carbocycles. The van der Waals surface area contributed by atoms with Gasteiger partial charge in [0, 0.05) is 26.2 Å². The van der Waals surface area contributed by atoms with E-state index < -0.39 is 0 Å². The van der Waals surface area contributed by atoms with Crippen LogP contribution < -0.4 is 15.8 Å². The van der Waals surface area contributed by atoms with Gasteiger partial charge in [0.15, 0.2) is 16.8 Å². The lowest BCUT2D eigenvalue weighted by atomic mass is 10.3. The SMILES string of the molecule is O=c1[nH]c(-c2scnc2Cl)nc(N2CCNCC2)c1Cl. The molecule has 0 atom stereocenters. The smallest absolute Gasteiger partial charge is 0.272 e. The Morgan fingerprint density at radius 3 is 2.70 bits per heavy atom. The fraction of sp³-hybridized carbons (Fsp3) is 0.364. The minimum Gasteiger partial charge on any atom is -0.353 e. The number of anilines is 1. The highest BCUT2D eigenvalue weighted by atomic mass is 35.5. The molecule has 0 spiro atoms. The summed E-state index contributed by atoms with van der Waals surface area (Å²) in [6.45, 7) is 3.18. The van der Waals surface area contributed by atoms with Crippen LogP contribution in [0, 0.1) is 0 Å². The number of nitrogens with one attached hydrogen (secondary N) is 2. The molecule has 6 nitrogen and oxygen atoms in total. The zero-order valence-electron chi connectivity index (χ0n) is 10.3. The highest BCUT2D eigenvalue weighted by Crippen LogP contribution is 2.30. The Balaban J connectivity index is 2.08. The van der Waals surface area contributed by atoms with Crippen molar-refractivity contribution in [3.63, 3.8) is 0 Å². The van der Waals surface area contributed by atoms with Gasteiger partial charge in [-0.1, -0.05) is 23.2 Å². The van der Waals surface area contributed by atoms with Gasteiger partial charge in [0.25, 0.3) is 5.56 Å². The lowest BCUT2D eigenvalue weighted by Crippen LogP contribution is -2.44. The van der Waals surface area contributed by atoms with E-state index in [2.05, 4.69) is 20.3 Å². The van der Waals surface area contributed by atoms with Crippen molar-refractivity contribution >= 4 is 40.4 Å². The van der Waals surface area contributed by atoms with E-state index in [-0.39, 0.29) is 10.6 Å². The molecule has 1 fully saturated rings. The molecular weight excluding hydrogens is 321 g/mol. The Morgan fingerprint density at radius 2 is 2.05 bits per heavy atom. The van der Waals surface area contributed by atoms with Gasteiger partial charge in [-0.3, -0.25) is 4.79 Å². The third-order valence-electron chi connectivity index (χ3n) is 3.00. The maximum absolute atomic E-state index is 12.0. The molecule has 1 aliphatic heterocycles. The summed E-state index contributed by atoms with van der Waals surface area (Å²) in [5, 5.41) is 3.68. The molecule has 2 aromatic rings. The topological polar surface area (TPSA) is 73.9 Å². The number of nitrogens with zero attached hydrogens (tertiary/aromatic N) is 3. The first-order valence-corrected chi connectivity index (χ1v) is 7.65. The van der Waals surface area contributed by atoms with E-state index in [4.69, 9.17) is 23.2 Å². The summed E-state index contributed by atoms with van der Waals surface area (Å²) in [7, 11) is 0. The summed E-state index contributed by atoms with van der Waals surface area (Å²) in [5.41, 5.74) is 1.24. The number of halogens is 2. The lowest BCUT2D eigenvalue weighted by Gasteiger charge is -2.28. The normalized spacial score (nSPS) is 15.6. The van der Waals surface area contributed by atoms with Gasteiger partial charge in [-0.15, -0.1) is 11.3 Å². The van der Waals surface area contributed by atoms with Crippen LogP contribution in [0.2, 0.25) is 10.2 Å². The van der Waals surface area contributed by atoms with Gasteiger partial charge in [0.1, 0.15) is 9.90 Å². The zero-order chi connectivity index (χ0) is 14.1. The Morgan fingerprint density at radius 1 is 1.30 bits per heavy atom. The first-order valence-electron chi connectivity index (χ1n) is 6.01. The molecule has 1 aliphatic rings. The molecule has 0 bridgehead atoms. The van der Waals surface area contributed by atoms with E-state index in [1.54, 1.807) is 5.51 Å². The summed E-state index contributed by atoms with van der Waals surface area (Å²) < 4.78 is 0. The van der Waals surface area contributed by atoms with Crippen LogP contribution in [0.4, 0.5) is 5.82 Å². The van der Waals surface area contributed by atoms with Gasteiger partial charge in [-0.25, -0.2) is 9.97 Å². The molecule has 9 heteroatoms. The summed E-state index contributed by atoms with van der Waals surface area (Å²) in [6, 6.07) is 0. The molecule has 0 amide bonds. The Labute approximate surface area is 128 Å². The van der Waals surface area contributed by atoms with Gasteiger partial charge < -0.3 is 15.2 Å². The fourth-order valence-corrected chi connectivity index (χ4v) is 3.19. The largest absolute Gasteiger partial charge is 0.353 e. The molecule has 20 heavy (non-hydrogen) atoms. The lowest BCUT2D eigenvalue weighted by molar-refractivity contribution is 0.584. The van der Waals surface area contributed by atoms with Crippen molar-refractivity contribution in [3.8, 4) is 10.7 Å². The third kappa shape index (κ3) is 2.54. The second-order valence-corrected chi connectivity index (χ2v) is 5.85. The fourth-order valence-electron chi connectivity index (χ4n) is 2.03. The van der Waals surface area contributed by atoms with E-state index in [0.29, 0.717) is 21.7 Å². The second-order valence-electron chi connectivity index (χ2n) is 4.26. The standard InChI is InChI=1S/C11H11Cl2N5OS/c12-6-10(18-3-1-14-2-4-18)16-9(17-11(6)19)7-8(13)15-5-20-7/h5,14H,1-4H2,(H,16,17,19). The average Bonchev–Trinajstić information content (AvgIpc) is 2.89. The second kappa shape index (κ2) is 5.69. The quantitative estimate of drug-likeness (QED) is 0.874. The number of rotatable bonds is 2. The van der Waals surface area contributed by atoms with Crippen LogP contribution in [0.1, 0.15) is 0 Å². The van der Waals surface area contributed by atoms with Crippen molar-refractivity contribution in [2.45, 2.75) is 0 Å². The van der Waals surface area contributed by atoms with Crippen LogP contribution in [0.15, 0.2) is 10.3 Å². The van der Waals surface area contributed by atoms with E-state index >= 15 is 0 Å². The first-order chi connectivity index (χ1) is 9.66. The molecule has 2 N–H and O–H groups in total. The molecule has 0 radical (unpaired) electrons. The summed E-state index contributed by atoms with van der Waals surface area (Å²) in [5.74, 6) is 0.900. The highest BCUT2D eigenvalue weighted by Gasteiger charge is 2.20. The van der Waals surface area contributed by atoms with Crippen LogP contribution in [0.5, 0.6) is 0 Å². The minimum absolute atomic E-state index is 0.108. The zero-order valence-corrected chi connectivity index (χ0v) is 12.6. The summed E-state index contributed by atoms with van der Waals surface area (Å²) >= 11 is 13.4. The van der Waals surface area contributed by atoms with E-state index in [9.17, 15) is 4.79 Å². The average molecular weight is 332 g/mol. The molecule has 0 aliphatic carbocycles. The predicted molar refractivity (Wildman–Crippen MR) is 81.1 cm³/mol. The van der Waals surface area contributed by atoms with Crippen molar-refractivity contribution in [2.75, 3.05) is 31.1 Å². The van der Waals surface area contributed by atoms with Crippen LogP contribution in [-0.2, 0) is 0 Å². The molecule has 1 saturated heterocycles. The van der Waals surface area contributed by atoms with Gasteiger partial charge in [-0.2, -0.15) is 0 Å². The first kappa shape index (κ1) is 13.8. The molecule has 0 unspecified atom stereocenters. The van der Waals surface area contributed by atoms with Crippen molar-refractivity contribution in [3.05, 3.63) is 26.0 Å². The molecular formula is C11H11Cl2N5OS. The third-order valence-corrected chi connectivity index (χ3v) is 4.57. The van der Waals surface area contributed by atoms with Gasteiger partial charge >= 0.3 is 0 Å².